The van der Waals surface area contributed by atoms with Crippen molar-refractivity contribution >= 4 is 17.7 Å². The van der Waals surface area contributed by atoms with Crippen LogP contribution in [0.15, 0.2) is 40.3 Å². The molecule has 7 nitrogen and oxygen atoms in total. The Balaban J connectivity index is 2.45. The Labute approximate surface area is 125 Å². The number of carbonyl (C=O) groups excluding carboxylic acids is 1. The van der Waals surface area contributed by atoms with Crippen LogP contribution in [0.25, 0.3) is 17.4 Å². The maximum Gasteiger partial charge on any atom is 0.270 e. The van der Waals surface area contributed by atoms with Gasteiger partial charge in [-0.1, -0.05) is 6.07 Å². The highest BCUT2D eigenvalue weighted by Gasteiger charge is 2.13. The molecule has 7 heteroatoms. The molecule has 2 aromatic rings. The Kier molecular flexibility index (Phi) is 4.04. The number of hydrogen-bond donors (Lipinski definition) is 1. The smallest absolute Gasteiger partial charge is 0.270 e. The highest BCUT2D eigenvalue weighted by molar-refractivity contribution is 6.00. The van der Waals surface area contributed by atoms with Gasteiger partial charge in [0.1, 0.15) is 23.2 Å². The molecule has 0 radical (unpaired) electrons. The van der Waals surface area contributed by atoms with E-state index < -0.39 is 10.8 Å². The molecule has 0 spiro atoms. The van der Waals surface area contributed by atoms with Crippen LogP contribution >= 0.6 is 0 Å². The Bertz CT molecular complexity index is 828. The highest BCUT2D eigenvalue weighted by Crippen LogP contribution is 2.29. The van der Waals surface area contributed by atoms with Gasteiger partial charge in [-0.15, -0.1) is 0 Å². The first kappa shape index (κ1) is 15.0. The minimum atomic E-state index is -0.855. The number of amides is 1. The molecule has 1 heterocycles. The van der Waals surface area contributed by atoms with Gasteiger partial charge in [-0.25, -0.2) is 0 Å². The van der Waals surface area contributed by atoms with E-state index in [-0.39, 0.29) is 17.0 Å². The van der Waals surface area contributed by atoms with Crippen LogP contribution in [0.5, 0.6) is 0 Å². The van der Waals surface area contributed by atoms with Gasteiger partial charge in [-0.2, -0.15) is 5.26 Å². The first-order chi connectivity index (χ1) is 10.4. The van der Waals surface area contributed by atoms with Gasteiger partial charge in [-0.3, -0.25) is 14.9 Å². The van der Waals surface area contributed by atoms with Crippen molar-refractivity contribution in [2.45, 2.75) is 6.92 Å². The number of nitriles is 1. The Morgan fingerprint density at radius 1 is 1.41 bits per heavy atom. The number of rotatable bonds is 4. The first-order valence-corrected chi connectivity index (χ1v) is 6.19. The van der Waals surface area contributed by atoms with Crippen molar-refractivity contribution in [3.8, 4) is 17.4 Å². The molecule has 0 fully saturated rings. The van der Waals surface area contributed by atoms with Crippen LogP contribution in [0.2, 0.25) is 0 Å². The number of nitro groups is 1. The minimum absolute atomic E-state index is 0.0519. The van der Waals surface area contributed by atoms with Crippen molar-refractivity contribution < 1.29 is 14.1 Å². The summed E-state index contributed by atoms with van der Waals surface area (Å²) in [5.41, 5.74) is 6.11. The monoisotopic (exact) mass is 297 g/mol. The average Bonchev–Trinajstić information content (AvgIpc) is 2.93. The SMILES string of the molecule is Cc1ccc([N+](=O)[O-])cc1-c1ccc(C=C(C#N)C(N)=O)o1. The lowest BCUT2D eigenvalue weighted by Gasteiger charge is -2.02. The molecule has 0 unspecified atom stereocenters. The molecule has 1 amide bonds. The number of furan rings is 1. The van der Waals surface area contributed by atoms with Crippen LogP contribution in [0.4, 0.5) is 5.69 Å². The number of primary amides is 1. The van der Waals surface area contributed by atoms with Gasteiger partial charge in [0.2, 0.25) is 0 Å². The summed E-state index contributed by atoms with van der Waals surface area (Å²) < 4.78 is 5.51. The lowest BCUT2D eigenvalue weighted by molar-refractivity contribution is -0.384. The Morgan fingerprint density at radius 2 is 2.14 bits per heavy atom. The predicted octanol–water partition coefficient (Wildman–Crippen LogP) is 2.56. The fraction of sp³-hybridized carbons (Fsp3) is 0.0667. The van der Waals surface area contributed by atoms with Crippen LogP contribution in [0, 0.1) is 28.4 Å². The van der Waals surface area contributed by atoms with Gasteiger partial charge in [0, 0.05) is 23.8 Å². The third-order valence-corrected chi connectivity index (χ3v) is 3.00. The summed E-state index contributed by atoms with van der Waals surface area (Å²) in [5, 5.41) is 19.6. The lowest BCUT2D eigenvalue weighted by atomic mass is 10.1. The summed E-state index contributed by atoms with van der Waals surface area (Å²) in [5.74, 6) is -0.197. The second-order valence-corrected chi connectivity index (χ2v) is 4.49. The number of nitrogens with two attached hydrogens (primary N) is 1. The molecule has 0 atom stereocenters. The van der Waals surface area contributed by atoms with Crippen molar-refractivity contribution in [3.05, 3.63) is 57.3 Å². The zero-order valence-corrected chi connectivity index (χ0v) is 11.6. The maximum absolute atomic E-state index is 11.0. The van der Waals surface area contributed by atoms with Gasteiger partial charge in [0.15, 0.2) is 0 Å². The van der Waals surface area contributed by atoms with Gasteiger partial charge < -0.3 is 10.2 Å². The Hall–Kier alpha value is -3.40. The van der Waals surface area contributed by atoms with Gasteiger partial charge in [-0.05, 0) is 24.6 Å². The van der Waals surface area contributed by atoms with Crippen LogP contribution in [-0.2, 0) is 4.79 Å². The number of non-ortho nitro benzene ring substituents is 1. The summed E-state index contributed by atoms with van der Waals surface area (Å²) in [6.45, 7) is 1.79. The molecule has 0 saturated heterocycles. The Morgan fingerprint density at radius 3 is 2.73 bits per heavy atom. The lowest BCUT2D eigenvalue weighted by Crippen LogP contribution is -2.12. The third kappa shape index (κ3) is 3.02. The number of benzene rings is 1. The summed E-state index contributed by atoms with van der Waals surface area (Å²) in [4.78, 5) is 21.3. The third-order valence-electron chi connectivity index (χ3n) is 3.00. The fourth-order valence-electron chi connectivity index (χ4n) is 1.86. The molecule has 0 aliphatic heterocycles. The zero-order chi connectivity index (χ0) is 16.3. The summed E-state index contributed by atoms with van der Waals surface area (Å²) >= 11 is 0. The van der Waals surface area contributed by atoms with Crippen LogP contribution < -0.4 is 5.73 Å². The molecule has 0 bridgehead atoms. The van der Waals surface area contributed by atoms with Crippen molar-refractivity contribution in [1.29, 1.82) is 5.26 Å². The molecule has 22 heavy (non-hydrogen) atoms. The fourth-order valence-corrected chi connectivity index (χ4v) is 1.86. The number of nitro benzene ring substituents is 1. The van der Waals surface area contributed by atoms with E-state index in [4.69, 9.17) is 15.4 Å². The molecule has 110 valence electrons. The summed E-state index contributed by atoms with van der Waals surface area (Å²) in [6.07, 6.45) is 1.22. The molecule has 2 rings (SSSR count). The van der Waals surface area contributed by atoms with E-state index >= 15 is 0 Å². The topological polar surface area (TPSA) is 123 Å². The number of nitrogens with zero attached hydrogens (tertiary/aromatic N) is 2. The molecule has 2 N–H and O–H groups in total. The van der Waals surface area contributed by atoms with Crippen molar-refractivity contribution in [1.82, 2.24) is 0 Å². The van der Waals surface area contributed by atoms with Gasteiger partial charge in [0.05, 0.1) is 4.92 Å². The van der Waals surface area contributed by atoms with Crippen LogP contribution in [0.1, 0.15) is 11.3 Å². The quantitative estimate of drug-likeness (QED) is 0.402. The van der Waals surface area contributed by atoms with Gasteiger partial charge >= 0.3 is 0 Å². The molecule has 0 aliphatic rings. The van der Waals surface area contributed by atoms with Gasteiger partial charge in [0.25, 0.3) is 11.6 Å². The summed E-state index contributed by atoms with van der Waals surface area (Å²) in [6, 6.07) is 9.26. The van der Waals surface area contributed by atoms with Crippen LogP contribution in [0.3, 0.4) is 0 Å². The molecule has 0 saturated carbocycles. The average molecular weight is 297 g/mol. The molecule has 1 aromatic heterocycles. The molecular weight excluding hydrogens is 286 g/mol. The zero-order valence-electron chi connectivity index (χ0n) is 11.6. The normalized spacial score (nSPS) is 11.0. The summed E-state index contributed by atoms with van der Waals surface area (Å²) in [7, 11) is 0. The second-order valence-electron chi connectivity index (χ2n) is 4.49. The van der Waals surface area contributed by atoms with Crippen LogP contribution in [-0.4, -0.2) is 10.8 Å². The second kappa shape index (κ2) is 5.93. The standard InChI is InChI=1S/C15H11N3O4/c1-9-2-3-11(18(20)21)7-13(9)14-5-4-12(22-14)6-10(8-16)15(17)19/h2-7H,1H3,(H2,17,19). The van der Waals surface area contributed by atoms with E-state index in [1.807, 2.05) is 0 Å². The molecular formula is C15H11N3O4. The number of carbonyl (C=O) groups is 1. The number of hydrogen-bond acceptors (Lipinski definition) is 5. The van der Waals surface area contributed by atoms with Crippen molar-refractivity contribution in [2.24, 2.45) is 5.73 Å². The van der Waals surface area contributed by atoms with E-state index in [9.17, 15) is 14.9 Å². The number of aryl methyl sites for hydroxylation is 1. The maximum atomic E-state index is 11.0. The minimum Gasteiger partial charge on any atom is -0.457 e. The van der Waals surface area contributed by atoms with Crippen molar-refractivity contribution in [2.75, 3.05) is 0 Å². The highest BCUT2D eigenvalue weighted by atomic mass is 16.6. The van der Waals surface area contributed by atoms with E-state index in [1.54, 1.807) is 31.2 Å². The largest absolute Gasteiger partial charge is 0.457 e. The van der Waals surface area contributed by atoms with E-state index in [0.717, 1.165) is 5.56 Å². The van der Waals surface area contributed by atoms with Crippen molar-refractivity contribution in [3.63, 3.8) is 0 Å². The van der Waals surface area contributed by atoms with E-state index in [1.165, 1.54) is 18.2 Å². The predicted molar refractivity (Wildman–Crippen MR) is 78.3 cm³/mol. The van der Waals surface area contributed by atoms with E-state index in [2.05, 4.69) is 0 Å². The molecule has 1 aromatic carbocycles. The van der Waals surface area contributed by atoms with E-state index in [0.29, 0.717) is 11.3 Å². The first-order valence-electron chi connectivity index (χ1n) is 6.19. The molecule has 0 aliphatic carbocycles.